The average Bonchev–Trinajstić information content (AvgIpc) is 3.01. The Bertz CT molecular complexity index is 1160. The maximum atomic E-state index is 11.7. The Morgan fingerprint density at radius 2 is 1.81 bits per heavy atom. The first kappa shape index (κ1) is 17.5. The van der Waals surface area contributed by atoms with E-state index in [1.54, 1.807) is 0 Å². The van der Waals surface area contributed by atoms with Crippen LogP contribution in [0.4, 0.5) is 5.82 Å². The molecule has 0 aliphatic rings. The molecule has 4 rings (SSSR count). The second-order valence-corrected chi connectivity index (χ2v) is 7.93. The van der Waals surface area contributed by atoms with Crippen LogP contribution in [0, 0.1) is 0 Å². The number of hydrogen-bond donors (Lipinski definition) is 2. The SMILES string of the molecule is CN(C)Cc1ccc(-c2ccc3c(c2)sc2c(C(N)=O)cnc(N)c23)cc1. The van der Waals surface area contributed by atoms with Crippen LogP contribution in [-0.2, 0) is 6.54 Å². The van der Waals surface area contributed by atoms with Crippen LogP contribution in [0.1, 0.15) is 15.9 Å². The molecule has 0 bridgehead atoms. The predicted octanol–water partition coefficient (Wildman–Crippen LogP) is 3.86. The predicted molar refractivity (Wildman–Crippen MR) is 113 cm³/mol. The lowest BCUT2D eigenvalue weighted by Gasteiger charge is -2.10. The van der Waals surface area contributed by atoms with Crippen LogP contribution in [0.15, 0.2) is 48.7 Å². The van der Waals surface area contributed by atoms with Crippen molar-refractivity contribution in [2.75, 3.05) is 19.8 Å². The van der Waals surface area contributed by atoms with Crippen molar-refractivity contribution in [2.45, 2.75) is 6.54 Å². The molecule has 0 atom stereocenters. The first-order valence-corrected chi connectivity index (χ1v) is 9.40. The van der Waals surface area contributed by atoms with Crippen LogP contribution in [0.2, 0.25) is 0 Å². The van der Waals surface area contributed by atoms with Crippen LogP contribution < -0.4 is 11.5 Å². The quantitative estimate of drug-likeness (QED) is 0.566. The second kappa shape index (κ2) is 6.64. The highest BCUT2D eigenvalue weighted by atomic mass is 32.1. The van der Waals surface area contributed by atoms with E-state index < -0.39 is 5.91 Å². The Hall–Kier alpha value is -2.96. The summed E-state index contributed by atoms with van der Waals surface area (Å²) in [4.78, 5) is 18.0. The van der Waals surface area contributed by atoms with Gasteiger partial charge in [-0.25, -0.2) is 4.98 Å². The summed E-state index contributed by atoms with van der Waals surface area (Å²) in [6.45, 7) is 0.914. The molecule has 4 aromatic rings. The summed E-state index contributed by atoms with van der Waals surface area (Å²) in [5.74, 6) is -0.0715. The third-order valence-corrected chi connectivity index (χ3v) is 5.76. The number of anilines is 1. The number of hydrogen-bond acceptors (Lipinski definition) is 5. The molecule has 6 heteroatoms. The summed E-state index contributed by atoms with van der Waals surface area (Å²) in [7, 11) is 4.12. The van der Waals surface area contributed by atoms with Gasteiger partial charge in [-0.3, -0.25) is 4.79 Å². The van der Waals surface area contributed by atoms with Gasteiger partial charge in [-0.1, -0.05) is 36.4 Å². The molecule has 0 aliphatic heterocycles. The lowest BCUT2D eigenvalue weighted by Crippen LogP contribution is -2.11. The number of thiophene rings is 1. The Kier molecular flexibility index (Phi) is 4.30. The standard InChI is InChI=1S/C21H20N4OS/c1-25(2)11-12-3-5-13(6-4-12)14-7-8-15-17(9-14)27-19-16(21(23)26)10-24-20(22)18(15)19/h3-10H,11H2,1-2H3,(H2,22,24)(H2,23,26). The molecule has 0 unspecified atom stereocenters. The normalized spacial score (nSPS) is 11.5. The Labute approximate surface area is 161 Å². The van der Waals surface area contributed by atoms with E-state index >= 15 is 0 Å². The third-order valence-electron chi connectivity index (χ3n) is 4.58. The van der Waals surface area contributed by atoms with Crippen molar-refractivity contribution >= 4 is 43.2 Å². The number of pyridine rings is 1. The highest BCUT2D eigenvalue weighted by Gasteiger charge is 2.16. The number of primary amides is 1. The van der Waals surface area contributed by atoms with Gasteiger partial charge in [-0.05, 0) is 36.9 Å². The minimum atomic E-state index is -0.490. The maximum absolute atomic E-state index is 11.7. The average molecular weight is 376 g/mol. The number of aromatic nitrogens is 1. The summed E-state index contributed by atoms with van der Waals surface area (Å²) < 4.78 is 1.85. The molecule has 0 saturated carbocycles. The van der Waals surface area contributed by atoms with E-state index in [1.165, 1.54) is 23.1 Å². The zero-order chi connectivity index (χ0) is 19.1. The molecular formula is C21H20N4OS. The molecule has 1 amide bonds. The highest BCUT2D eigenvalue weighted by molar-refractivity contribution is 7.26. The second-order valence-electron chi connectivity index (χ2n) is 6.87. The maximum Gasteiger partial charge on any atom is 0.251 e. The van der Waals surface area contributed by atoms with Crippen LogP contribution in [0.3, 0.4) is 0 Å². The number of benzene rings is 2. The van der Waals surface area contributed by atoms with Crippen molar-refractivity contribution in [1.29, 1.82) is 0 Å². The molecule has 2 heterocycles. The fraction of sp³-hybridized carbons (Fsp3) is 0.143. The molecule has 0 spiro atoms. The summed E-state index contributed by atoms with van der Waals surface area (Å²) in [6, 6.07) is 14.8. The van der Waals surface area contributed by atoms with Crippen molar-refractivity contribution in [3.63, 3.8) is 0 Å². The monoisotopic (exact) mass is 376 g/mol. The van der Waals surface area contributed by atoms with Crippen LogP contribution >= 0.6 is 11.3 Å². The van der Waals surface area contributed by atoms with Crippen molar-refractivity contribution in [3.05, 3.63) is 59.8 Å². The van der Waals surface area contributed by atoms with Gasteiger partial charge in [-0.15, -0.1) is 11.3 Å². The van der Waals surface area contributed by atoms with Gasteiger partial charge in [0, 0.05) is 28.2 Å². The Morgan fingerprint density at radius 3 is 2.48 bits per heavy atom. The molecule has 27 heavy (non-hydrogen) atoms. The van der Waals surface area contributed by atoms with Crippen molar-refractivity contribution < 1.29 is 4.79 Å². The largest absolute Gasteiger partial charge is 0.383 e. The van der Waals surface area contributed by atoms with Gasteiger partial charge in [0.2, 0.25) is 0 Å². The van der Waals surface area contributed by atoms with E-state index in [1.807, 2.05) is 6.07 Å². The van der Waals surface area contributed by atoms with Crippen molar-refractivity contribution in [2.24, 2.45) is 5.73 Å². The minimum Gasteiger partial charge on any atom is -0.383 e. The van der Waals surface area contributed by atoms with E-state index in [4.69, 9.17) is 11.5 Å². The number of carbonyl (C=O) groups excluding carboxylic acids is 1. The van der Waals surface area contributed by atoms with Gasteiger partial charge in [0.05, 0.1) is 10.3 Å². The van der Waals surface area contributed by atoms with Crippen LogP contribution in [0.5, 0.6) is 0 Å². The van der Waals surface area contributed by atoms with Gasteiger partial charge in [0.1, 0.15) is 5.82 Å². The molecule has 136 valence electrons. The fourth-order valence-corrected chi connectivity index (χ4v) is 4.59. The molecule has 2 aromatic carbocycles. The lowest BCUT2D eigenvalue weighted by molar-refractivity contribution is 0.100. The van der Waals surface area contributed by atoms with Crippen LogP contribution in [0.25, 0.3) is 31.3 Å². The van der Waals surface area contributed by atoms with Gasteiger partial charge in [0.15, 0.2) is 0 Å². The number of nitrogens with zero attached hydrogens (tertiary/aromatic N) is 2. The van der Waals surface area contributed by atoms with E-state index in [2.05, 4.69) is 60.4 Å². The summed E-state index contributed by atoms with van der Waals surface area (Å²) in [6.07, 6.45) is 1.46. The van der Waals surface area contributed by atoms with Gasteiger partial charge in [0.25, 0.3) is 5.91 Å². The zero-order valence-electron chi connectivity index (χ0n) is 15.2. The zero-order valence-corrected chi connectivity index (χ0v) is 16.0. The van der Waals surface area contributed by atoms with Crippen molar-refractivity contribution in [1.82, 2.24) is 9.88 Å². The van der Waals surface area contributed by atoms with Crippen LogP contribution in [-0.4, -0.2) is 29.9 Å². The molecule has 0 radical (unpaired) electrons. The first-order valence-electron chi connectivity index (χ1n) is 8.58. The third kappa shape index (κ3) is 3.13. The van der Waals surface area contributed by atoms with E-state index in [0.29, 0.717) is 11.4 Å². The molecule has 2 aromatic heterocycles. The fourth-order valence-electron chi connectivity index (χ4n) is 3.32. The van der Waals surface area contributed by atoms with E-state index in [9.17, 15) is 4.79 Å². The smallest absolute Gasteiger partial charge is 0.251 e. The van der Waals surface area contributed by atoms with Crippen molar-refractivity contribution in [3.8, 4) is 11.1 Å². The van der Waals surface area contributed by atoms with E-state index in [-0.39, 0.29) is 0 Å². The number of nitrogen functional groups attached to an aromatic ring is 1. The first-order chi connectivity index (χ1) is 12.9. The number of carbonyl (C=O) groups is 1. The minimum absolute atomic E-state index is 0.412. The van der Waals surface area contributed by atoms with Gasteiger partial charge >= 0.3 is 0 Å². The van der Waals surface area contributed by atoms with Gasteiger partial charge < -0.3 is 16.4 Å². The number of rotatable bonds is 4. The molecule has 0 fully saturated rings. The number of nitrogens with two attached hydrogens (primary N) is 2. The highest BCUT2D eigenvalue weighted by Crippen LogP contribution is 2.40. The molecule has 0 saturated heterocycles. The summed E-state index contributed by atoms with van der Waals surface area (Å²) >= 11 is 1.52. The Morgan fingerprint density at radius 1 is 1.11 bits per heavy atom. The van der Waals surface area contributed by atoms with Gasteiger partial charge in [-0.2, -0.15) is 0 Å². The number of amides is 1. The molecular weight excluding hydrogens is 356 g/mol. The molecule has 5 nitrogen and oxygen atoms in total. The Balaban J connectivity index is 1.83. The summed E-state index contributed by atoms with van der Waals surface area (Å²) in [5, 5.41) is 1.80. The summed E-state index contributed by atoms with van der Waals surface area (Å²) in [5.41, 5.74) is 15.5. The number of fused-ring (bicyclic) bond motifs is 3. The molecule has 0 aliphatic carbocycles. The lowest BCUT2D eigenvalue weighted by atomic mass is 10.0. The molecule has 4 N–H and O–H groups in total. The van der Waals surface area contributed by atoms with E-state index in [0.717, 1.165) is 37.8 Å². The topological polar surface area (TPSA) is 85.2 Å².